The van der Waals surface area contributed by atoms with Crippen molar-refractivity contribution in [3.8, 4) is 5.75 Å². The molecule has 2 amide bonds. The van der Waals surface area contributed by atoms with Crippen LogP contribution in [0.1, 0.15) is 49.7 Å². The molecular formula is C22H28N2O4. The fraction of sp³-hybridized carbons (Fsp3) is 0.364. The zero-order valence-electron chi connectivity index (χ0n) is 17.3. The monoisotopic (exact) mass is 384 g/mol. The van der Waals surface area contributed by atoms with Crippen LogP contribution < -0.4 is 10.1 Å². The molecular weight excluding hydrogens is 356 g/mol. The number of rotatable bonds is 5. The molecule has 0 saturated heterocycles. The molecule has 2 aromatic rings. The van der Waals surface area contributed by atoms with E-state index in [2.05, 4.69) is 5.32 Å². The normalized spacial score (nSPS) is 12.1. The van der Waals surface area contributed by atoms with Crippen molar-refractivity contribution in [1.29, 1.82) is 0 Å². The highest BCUT2D eigenvalue weighted by Gasteiger charge is 2.20. The number of nitrogens with one attached hydrogen (secondary N) is 1. The van der Waals surface area contributed by atoms with Crippen molar-refractivity contribution in [3.63, 3.8) is 0 Å². The van der Waals surface area contributed by atoms with Gasteiger partial charge in [0.05, 0.1) is 13.2 Å². The van der Waals surface area contributed by atoms with Crippen molar-refractivity contribution in [1.82, 2.24) is 4.90 Å². The van der Waals surface area contributed by atoms with E-state index in [4.69, 9.17) is 9.47 Å². The van der Waals surface area contributed by atoms with E-state index in [-0.39, 0.29) is 11.9 Å². The van der Waals surface area contributed by atoms with Crippen LogP contribution in [0.2, 0.25) is 0 Å². The smallest absolute Gasteiger partial charge is 0.412 e. The van der Waals surface area contributed by atoms with Gasteiger partial charge in [0.15, 0.2) is 0 Å². The summed E-state index contributed by atoms with van der Waals surface area (Å²) in [6, 6.07) is 14.3. The van der Waals surface area contributed by atoms with E-state index < -0.39 is 11.7 Å². The molecule has 0 heterocycles. The number of amides is 2. The van der Waals surface area contributed by atoms with E-state index in [0.29, 0.717) is 11.3 Å². The standard InChI is InChI=1S/C22H28N2O4/c1-15(16-9-13-19(27-6)14-10-16)24(5)20(25)17-7-11-18(12-8-17)23-21(26)28-22(2,3)4/h7-15H,1-6H3,(H,23,26). The van der Waals surface area contributed by atoms with E-state index in [1.807, 2.05) is 31.2 Å². The molecule has 0 fully saturated rings. The summed E-state index contributed by atoms with van der Waals surface area (Å²) < 4.78 is 10.4. The number of hydrogen-bond donors (Lipinski definition) is 1. The van der Waals surface area contributed by atoms with Gasteiger partial charge in [-0.2, -0.15) is 0 Å². The van der Waals surface area contributed by atoms with Crippen LogP contribution in [-0.2, 0) is 4.74 Å². The van der Waals surface area contributed by atoms with Gasteiger partial charge in [0.25, 0.3) is 5.91 Å². The Labute approximate surface area is 166 Å². The second-order valence-electron chi connectivity index (χ2n) is 7.57. The summed E-state index contributed by atoms with van der Waals surface area (Å²) in [7, 11) is 3.39. The zero-order chi connectivity index (χ0) is 20.9. The lowest BCUT2D eigenvalue weighted by atomic mass is 10.1. The first kappa shape index (κ1) is 21.3. The first-order valence-electron chi connectivity index (χ1n) is 9.12. The van der Waals surface area contributed by atoms with Gasteiger partial charge in [-0.1, -0.05) is 12.1 Å². The summed E-state index contributed by atoms with van der Waals surface area (Å²) in [5.74, 6) is 0.671. The Hall–Kier alpha value is -3.02. The molecule has 150 valence electrons. The molecule has 1 atom stereocenters. The average Bonchev–Trinajstić information content (AvgIpc) is 2.65. The summed E-state index contributed by atoms with van der Waals surface area (Å²) in [5, 5.41) is 2.66. The Morgan fingerprint density at radius 2 is 1.57 bits per heavy atom. The summed E-state index contributed by atoms with van der Waals surface area (Å²) in [6.45, 7) is 7.37. The van der Waals surface area contributed by atoms with E-state index >= 15 is 0 Å². The van der Waals surface area contributed by atoms with Crippen molar-refractivity contribution in [3.05, 3.63) is 59.7 Å². The zero-order valence-corrected chi connectivity index (χ0v) is 17.3. The number of hydrogen-bond acceptors (Lipinski definition) is 4. The lowest BCUT2D eigenvalue weighted by Gasteiger charge is -2.25. The number of anilines is 1. The number of carbonyl (C=O) groups is 2. The van der Waals surface area contributed by atoms with Gasteiger partial charge >= 0.3 is 6.09 Å². The molecule has 6 heteroatoms. The minimum absolute atomic E-state index is 0.0991. The van der Waals surface area contributed by atoms with Crippen molar-refractivity contribution in [2.45, 2.75) is 39.3 Å². The molecule has 2 rings (SSSR count). The lowest BCUT2D eigenvalue weighted by Crippen LogP contribution is -2.29. The molecule has 0 saturated carbocycles. The summed E-state index contributed by atoms with van der Waals surface area (Å²) >= 11 is 0. The minimum atomic E-state index is -0.569. The van der Waals surface area contributed by atoms with Crippen LogP contribution >= 0.6 is 0 Å². The van der Waals surface area contributed by atoms with Crippen molar-refractivity contribution in [2.24, 2.45) is 0 Å². The van der Waals surface area contributed by atoms with Gasteiger partial charge < -0.3 is 14.4 Å². The number of nitrogens with zero attached hydrogens (tertiary/aromatic N) is 1. The summed E-state index contributed by atoms with van der Waals surface area (Å²) in [4.78, 5) is 26.3. The summed E-state index contributed by atoms with van der Waals surface area (Å²) in [5.41, 5.74) is 1.55. The van der Waals surface area contributed by atoms with E-state index in [1.54, 1.807) is 64.1 Å². The third-order valence-electron chi connectivity index (χ3n) is 4.28. The van der Waals surface area contributed by atoms with Crippen LogP contribution in [0.3, 0.4) is 0 Å². The van der Waals surface area contributed by atoms with Crippen LogP contribution in [0.25, 0.3) is 0 Å². The van der Waals surface area contributed by atoms with Crippen molar-refractivity contribution < 1.29 is 19.1 Å². The molecule has 6 nitrogen and oxygen atoms in total. The maximum absolute atomic E-state index is 12.8. The molecule has 0 spiro atoms. The second kappa shape index (κ2) is 8.78. The van der Waals surface area contributed by atoms with Gasteiger partial charge in [-0.3, -0.25) is 10.1 Å². The van der Waals surface area contributed by atoms with Crippen molar-refractivity contribution in [2.75, 3.05) is 19.5 Å². The molecule has 0 aliphatic rings. The number of benzene rings is 2. The summed E-state index contributed by atoms with van der Waals surface area (Å²) in [6.07, 6.45) is -0.531. The molecule has 0 aromatic heterocycles. The fourth-order valence-corrected chi connectivity index (χ4v) is 2.60. The van der Waals surface area contributed by atoms with Crippen LogP contribution in [0, 0.1) is 0 Å². The molecule has 0 bridgehead atoms. The molecule has 1 N–H and O–H groups in total. The van der Waals surface area contributed by atoms with Crippen molar-refractivity contribution >= 4 is 17.7 Å². The van der Waals surface area contributed by atoms with E-state index in [0.717, 1.165) is 11.3 Å². The molecule has 0 aliphatic carbocycles. The quantitative estimate of drug-likeness (QED) is 0.798. The molecule has 0 radical (unpaired) electrons. The first-order valence-corrected chi connectivity index (χ1v) is 9.12. The SMILES string of the molecule is COc1ccc(C(C)N(C)C(=O)c2ccc(NC(=O)OC(C)(C)C)cc2)cc1. The average molecular weight is 384 g/mol. The van der Waals surface area contributed by atoms with Gasteiger partial charge in [-0.15, -0.1) is 0 Å². The van der Waals surface area contributed by atoms with Gasteiger partial charge in [0.2, 0.25) is 0 Å². The number of carbonyl (C=O) groups excluding carboxylic acids is 2. The van der Waals surface area contributed by atoms with E-state index in [9.17, 15) is 9.59 Å². The Morgan fingerprint density at radius 1 is 1.00 bits per heavy atom. The predicted octanol–water partition coefficient (Wildman–Crippen LogP) is 4.88. The number of ether oxygens (including phenoxy) is 2. The topological polar surface area (TPSA) is 67.9 Å². The fourth-order valence-electron chi connectivity index (χ4n) is 2.60. The molecule has 1 unspecified atom stereocenters. The second-order valence-corrected chi connectivity index (χ2v) is 7.57. The minimum Gasteiger partial charge on any atom is -0.497 e. The molecule has 2 aromatic carbocycles. The number of methoxy groups -OCH3 is 1. The van der Waals surface area contributed by atoms with Crippen LogP contribution in [0.5, 0.6) is 5.75 Å². The first-order chi connectivity index (χ1) is 13.1. The third-order valence-corrected chi connectivity index (χ3v) is 4.28. The Balaban J connectivity index is 2.03. The Morgan fingerprint density at radius 3 is 2.07 bits per heavy atom. The highest BCUT2D eigenvalue weighted by Crippen LogP contribution is 2.23. The Bertz CT molecular complexity index is 808. The highest BCUT2D eigenvalue weighted by molar-refractivity contribution is 5.95. The van der Waals surface area contributed by atoms with Gasteiger partial charge in [-0.05, 0) is 69.7 Å². The molecule has 28 heavy (non-hydrogen) atoms. The maximum atomic E-state index is 12.8. The van der Waals surface area contributed by atoms with Gasteiger partial charge in [-0.25, -0.2) is 4.79 Å². The highest BCUT2D eigenvalue weighted by atomic mass is 16.6. The molecule has 0 aliphatic heterocycles. The van der Waals surface area contributed by atoms with Crippen LogP contribution in [0.15, 0.2) is 48.5 Å². The lowest BCUT2D eigenvalue weighted by molar-refractivity contribution is 0.0635. The Kier molecular flexibility index (Phi) is 6.67. The van der Waals surface area contributed by atoms with Gasteiger partial charge in [0, 0.05) is 18.3 Å². The predicted molar refractivity (Wildman–Crippen MR) is 110 cm³/mol. The van der Waals surface area contributed by atoms with Crippen LogP contribution in [0.4, 0.5) is 10.5 Å². The largest absolute Gasteiger partial charge is 0.497 e. The van der Waals surface area contributed by atoms with Crippen LogP contribution in [-0.4, -0.2) is 36.7 Å². The third kappa shape index (κ3) is 5.74. The van der Waals surface area contributed by atoms with Gasteiger partial charge in [0.1, 0.15) is 11.4 Å². The van der Waals surface area contributed by atoms with E-state index in [1.165, 1.54) is 0 Å². The maximum Gasteiger partial charge on any atom is 0.412 e.